The van der Waals surface area contributed by atoms with Crippen LogP contribution in [-0.2, 0) is 16.1 Å². The van der Waals surface area contributed by atoms with Gasteiger partial charge in [0, 0.05) is 29.0 Å². The van der Waals surface area contributed by atoms with E-state index < -0.39 is 11.9 Å². The molecule has 2 aliphatic carbocycles. The average Bonchev–Trinajstić information content (AvgIpc) is 3.07. The molecule has 0 amide bonds. The predicted molar refractivity (Wildman–Crippen MR) is 89.3 cm³/mol. The zero-order valence-electron chi connectivity index (χ0n) is 13.5. The first kappa shape index (κ1) is 18.3. The Bertz CT molecular complexity index is 891. The highest BCUT2D eigenvalue weighted by atomic mass is 19.1. The van der Waals surface area contributed by atoms with E-state index in [-0.39, 0.29) is 11.9 Å². The summed E-state index contributed by atoms with van der Waals surface area (Å²) >= 11 is 0. The molecule has 1 aromatic rings. The number of carbonyl (C=O) groups is 2. The molecule has 0 aromatic carbocycles. The van der Waals surface area contributed by atoms with Crippen molar-refractivity contribution < 1.29 is 24.2 Å². The van der Waals surface area contributed by atoms with Crippen LogP contribution in [0.25, 0.3) is 11.6 Å². The van der Waals surface area contributed by atoms with Gasteiger partial charge in [0.15, 0.2) is 0 Å². The summed E-state index contributed by atoms with van der Waals surface area (Å²) in [6.07, 6.45) is 8.95. The van der Waals surface area contributed by atoms with Crippen LogP contribution in [0, 0.1) is 0 Å². The van der Waals surface area contributed by atoms with Gasteiger partial charge in [-0.1, -0.05) is 6.08 Å². The molecule has 3 rings (SSSR count). The molecule has 4 N–H and O–H groups in total. The van der Waals surface area contributed by atoms with Gasteiger partial charge in [0.1, 0.15) is 5.83 Å². The number of nitrogens with zero attached hydrogens (tertiary/aromatic N) is 2. The van der Waals surface area contributed by atoms with Crippen LogP contribution < -0.4 is 16.3 Å². The van der Waals surface area contributed by atoms with Crippen LogP contribution in [0.15, 0.2) is 41.9 Å². The molecular weight excluding hydrogens is 329 g/mol. The molecule has 0 radical (unpaired) electrons. The van der Waals surface area contributed by atoms with Crippen LogP contribution >= 0.6 is 0 Å². The van der Waals surface area contributed by atoms with Crippen LogP contribution in [0.5, 0.6) is 0 Å². The maximum atomic E-state index is 13.7. The molecular formula is C17H18FN3O4. The largest absolute Gasteiger partial charge is 0.478 e. The number of carboxylic acids is 2. The minimum atomic E-state index is -1.26. The minimum Gasteiger partial charge on any atom is -0.478 e. The molecule has 0 fully saturated rings. The maximum Gasteiger partial charge on any atom is 0.328 e. The lowest BCUT2D eigenvalue weighted by Crippen LogP contribution is -2.33. The molecule has 1 aromatic heterocycles. The van der Waals surface area contributed by atoms with Gasteiger partial charge >= 0.3 is 11.9 Å². The molecule has 132 valence electrons. The van der Waals surface area contributed by atoms with Crippen LogP contribution in [0.2, 0.25) is 0 Å². The molecule has 0 saturated carbocycles. The Kier molecular flexibility index (Phi) is 5.66. The normalized spacial score (nSPS) is 16.0. The van der Waals surface area contributed by atoms with Crippen molar-refractivity contribution in [2.45, 2.75) is 25.9 Å². The number of halogens is 1. The van der Waals surface area contributed by atoms with Gasteiger partial charge < -0.3 is 15.9 Å². The van der Waals surface area contributed by atoms with Gasteiger partial charge in [0.25, 0.3) is 0 Å². The molecule has 0 bridgehead atoms. The van der Waals surface area contributed by atoms with E-state index in [2.05, 4.69) is 5.10 Å². The van der Waals surface area contributed by atoms with Crippen molar-refractivity contribution in [2.24, 2.45) is 5.73 Å². The highest BCUT2D eigenvalue weighted by Crippen LogP contribution is 2.28. The number of carboxylic acid groups (broad SMARTS) is 2. The van der Waals surface area contributed by atoms with Crippen molar-refractivity contribution in [3.8, 4) is 0 Å². The smallest absolute Gasteiger partial charge is 0.328 e. The second kappa shape index (κ2) is 7.71. The zero-order valence-corrected chi connectivity index (χ0v) is 13.5. The van der Waals surface area contributed by atoms with E-state index in [9.17, 15) is 14.0 Å². The first-order chi connectivity index (χ1) is 11.8. The number of aromatic nitrogens is 2. The number of hydrogen-bond acceptors (Lipinski definition) is 4. The van der Waals surface area contributed by atoms with E-state index in [1.165, 1.54) is 6.08 Å². The van der Waals surface area contributed by atoms with Crippen LogP contribution in [-0.4, -0.2) is 38.0 Å². The Morgan fingerprint density at radius 2 is 2.04 bits per heavy atom. The zero-order chi connectivity index (χ0) is 18.6. The molecule has 1 unspecified atom stereocenters. The van der Waals surface area contributed by atoms with Crippen molar-refractivity contribution >= 4 is 23.6 Å². The predicted octanol–water partition coefficient (Wildman–Crippen LogP) is 0.0704. The molecule has 0 spiro atoms. The Labute approximate surface area is 142 Å². The van der Waals surface area contributed by atoms with E-state index in [4.69, 9.17) is 15.9 Å². The lowest BCUT2D eigenvalue weighted by molar-refractivity contribution is -0.134. The van der Waals surface area contributed by atoms with Crippen LogP contribution in [0.3, 0.4) is 0 Å². The Morgan fingerprint density at radius 3 is 2.60 bits per heavy atom. The van der Waals surface area contributed by atoms with Crippen molar-refractivity contribution in [1.29, 1.82) is 0 Å². The molecule has 25 heavy (non-hydrogen) atoms. The van der Waals surface area contributed by atoms with Gasteiger partial charge in [-0.05, 0) is 31.1 Å². The highest BCUT2D eigenvalue weighted by molar-refractivity contribution is 5.89. The lowest BCUT2D eigenvalue weighted by Gasteiger charge is -2.07. The van der Waals surface area contributed by atoms with Crippen LogP contribution in [0.1, 0.15) is 13.3 Å². The van der Waals surface area contributed by atoms with Gasteiger partial charge in [-0.3, -0.25) is 4.68 Å². The summed E-state index contributed by atoms with van der Waals surface area (Å²) < 4.78 is 15.5. The van der Waals surface area contributed by atoms with Gasteiger partial charge in [0.05, 0.1) is 18.1 Å². The minimum absolute atomic E-state index is 0.0389. The van der Waals surface area contributed by atoms with Gasteiger partial charge in [-0.2, -0.15) is 5.10 Å². The second-order valence-corrected chi connectivity index (χ2v) is 5.60. The maximum absolute atomic E-state index is 13.7. The Morgan fingerprint density at radius 1 is 1.40 bits per heavy atom. The number of rotatable bonds is 4. The number of fused-ring (bicyclic) bond motifs is 2. The van der Waals surface area contributed by atoms with E-state index in [0.29, 0.717) is 24.3 Å². The van der Waals surface area contributed by atoms with Gasteiger partial charge in [-0.25, -0.2) is 14.0 Å². The number of allylic oxidation sites excluding steroid dienone is 4. The second-order valence-electron chi connectivity index (χ2n) is 5.60. The highest BCUT2D eigenvalue weighted by Gasteiger charge is 2.19. The SMILES string of the molecule is CC(N)Cn1ncc2c1=CC1=C(F)C=CCC=21.O=C(O)C=CC(=O)O. The quantitative estimate of drug-likeness (QED) is 0.663. The molecule has 1 heterocycles. The average molecular weight is 347 g/mol. The third kappa shape index (κ3) is 4.51. The number of hydrogen-bond donors (Lipinski definition) is 3. The fraction of sp³-hybridized carbons (Fsp3) is 0.235. The van der Waals surface area contributed by atoms with E-state index >= 15 is 0 Å². The summed E-state index contributed by atoms with van der Waals surface area (Å²) in [5.74, 6) is -2.67. The standard InChI is InChI=1S/C13H14FN3.C4H4O4/c1-8(15)7-17-13-5-10-9(11(13)6-16-17)3-2-4-12(10)14;5-3(6)1-2-4(7)8/h2,4-6,8H,3,7,15H2,1H3;1-2H,(H,5,6)(H,7,8). The summed E-state index contributed by atoms with van der Waals surface area (Å²) in [6, 6.07) is 0.0389. The van der Waals surface area contributed by atoms with Gasteiger partial charge in [0.2, 0.25) is 0 Å². The molecule has 8 heteroatoms. The summed E-state index contributed by atoms with van der Waals surface area (Å²) in [6.45, 7) is 2.59. The molecule has 0 saturated heterocycles. The number of aliphatic carboxylic acids is 2. The molecule has 2 aliphatic rings. The summed E-state index contributed by atoms with van der Waals surface area (Å²) in [5, 5.41) is 22.0. The Hall–Kier alpha value is -3.00. The van der Waals surface area contributed by atoms with Gasteiger partial charge in [-0.15, -0.1) is 0 Å². The monoisotopic (exact) mass is 347 g/mol. The van der Waals surface area contributed by atoms with E-state index in [1.54, 1.807) is 0 Å². The lowest BCUT2D eigenvalue weighted by atomic mass is 10.00. The summed E-state index contributed by atoms with van der Waals surface area (Å²) in [4.78, 5) is 19.1. The summed E-state index contributed by atoms with van der Waals surface area (Å²) in [5.41, 5.74) is 7.52. The summed E-state index contributed by atoms with van der Waals surface area (Å²) in [7, 11) is 0. The molecule has 7 nitrogen and oxygen atoms in total. The van der Waals surface area contributed by atoms with Crippen LogP contribution in [0.4, 0.5) is 4.39 Å². The number of nitrogens with two attached hydrogens (primary N) is 1. The fourth-order valence-electron chi connectivity index (χ4n) is 2.51. The third-order valence-corrected chi connectivity index (χ3v) is 3.48. The molecule has 0 aliphatic heterocycles. The Balaban J connectivity index is 0.000000242. The van der Waals surface area contributed by atoms with E-state index in [0.717, 1.165) is 22.6 Å². The van der Waals surface area contributed by atoms with Crippen molar-refractivity contribution in [3.63, 3.8) is 0 Å². The van der Waals surface area contributed by atoms with Crippen molar-refractivity contribution in [3.05, 3.63) is 52.5 Å². The first-order valence-electron chi connectivity index (χ1n) is 7.52. The van der Waals surface area contributed by atoms with E-state index in [1.807, 2.05) is 30.0 Å². The topological polar surface area (TPSA) is 118 Å². The fourth-order valence-corrected chi connectivity index (χ4v) is 2.51. The molecule has 1 atom stereocenters. The first-order valence-corrected chi connectivity index (χ1v) is 7.52. The van der Waals surface area contributed by atoms with Crippen molar-refractivity contribution in [2.75, 3.05) is 0 Å². The van der Waals surface area contributed by atoms with Crippen molar-refractivity contribution in [1.82, 2.24) is 9.78 Å². The third-order valence-electron chi connectivity index (χ3n) is 3.48.